The summed E-state index contributed by atoms with van der Waals surface area (Å²) in [6, 6.07) is 6.40. The molecule has 3 heteroatoms. The van der Waals surface area contributed by atoms with Crippen molar-refractivity contribution < 1.29 is 10.3 Å². The second kappa shape index (κ2) is 3.61. The maximum absolute atomic E-state index is 10.6. The first-order chi connectivity index (χ1) is 5.33. The Kier molecular flexibility index (Phi) is 2.49. The van der Waals surface area contributed by atoms with E-state index in [0.29, 0.717) is 6.42 Å². The Labute approximate surface area is 64.6 Å². The number of oxime groups is 1. The summed E-state index contributed by atoms with van der Waals surface area (Å²) in [7, 11) is 0. The van der Waals surface area contributed by atoms with E-state index in [-0.39, 0.29) is 5.75 Å². The zero-order chi connectivity index (χ0) is 8.10. The number of hydrogen-bond acceptors (Lipinski definition) is 2. The van der Waals surface area contributed by atoms with E-state index in [1.165, 1.54) is 18.3 Å². The van der Waals surface area contributed by atoms with Crippen molar-refractivity contribution in [3.05, 3.63) is 29.8 Å². The summed E-state index contributed by atoms with van der Waals surface area (Å²) in [6.07, 6.45) is 1.93. The van der Waals surface area contributed by atoms with Crippen LogP contribution in [-0.4, -0.2) is 11.4 Å². The average Bonchev–Trinajstić information content (AvgIpc) is 2.04. The van der Waals surface area contributed by atoms with Gasteiger partial charge in [0.25, 0.3) is 0 Å². The van der Waals surface area contributed by atoms with Gasteiger partial charge in [-0.1, -0.05) is 12.1 Å². The first kappa shape index (κ1) is 7.60. The zero-order valence-corrected chi connectivity index (χ0v) is 5.90. The fourth-order valence-electron chi connectivity index (χ4n) is 0.772. The van der Waals surface area contributed by atoms with Crippen LogP contribution in [0.5, 0.6) is 5.75 Å². The predicted molar refractivity (Wildman–Crippen MR) is 40.6 cm³/mol. The van der Waals surface area contributed by atoms with Crippen molar-refractivity contribution in [3.8, 4) is 5.75 Å². The van der Waals surface area contributed by atoms with Crippen LogP contribution in [0.15, 0.2) is 29.4 Å². The Morgan fingerprint density at radius 2 is 2.00 bits per heavy atom. The molecule has 1 aromatic rings. The summed E-state index contributed by atoms with van der Waals surface area (Å²) in [5.41, 5.74) is 0.961. The molecule has 0 aromatic heterocycles. The average molecular weight is 150 g/mol. The lowest BCUT2D eigenvalue weighted by Crippen LogP contribution is -1.83. The maximum Gasteiger partial charge on any atom is 0.178 e. The van der Waals surface area contributed by atoms with Gasteiger partial charge in [-0.15, -0.1) is 5.16 Å². The topological polar surface area (TPSA) is 52.5 Å². The Morgan fingerprint density at radius 3 is 2.55 bits per heavy atom. The summed E-state index contributed by atoms with van der Waals surface area (Å²) in [5, 5.41) is 21.6. The highest BCUT2D eigenvalue weighted by molar-refractivity contribution is 5.60. The number of benzene rings is 1. The van der Waals surface area contributed by atoms with Gasteiger partial charge in [0.1, 0.15) is 0 Å². The van der Waals surface area contributed by atoms with Crippen LogP contribution >= 0.6 is 0 Å². The molecule has 1 radical (unpaired) electrons. The summed E-state index contributed by atoms with van der Waals surface area (Å²) in [5.74, 6) is -0.00492. The highest BCUT2D eigenvalue weighted by atomic mass is 16.4. The number of nitrogens with zero attached hydrogens (tertiary/aromatic N) is 1. The van der Waals surface area contributed by atoms with Crippen LogP contribution in [-0.2, 0) is 11.5 Å². The lowest BCUT2D eigenvalue weighted by atomic mass is 10.2. The van der Waals surface area contributed by atoms with Gasteiger partial charge in [0, 0.05) is 12.6 Å². The predicted octanol–water partition coefficient (Wildman–Crippen LogP) is 1.83. The third-order valence-electron chi connectivity index (χ3n) is 1.33. The molecule has 0 saturated heterocycles. The number of hydrogen-bond donors (Lipinski definition) is 1. The summed E-state index contributed by atoms with van der Waals surface area (Å²) in [6.45, 7) is 0. The number of rotatable bonds is 2. The molecule has 0 saturated carbocycles. The zero-order valence-electron chi connectivity index (χ0n) is 5.90. The standard InChI is InChI=1S/C8H8NO2/c10-8-3-1-7(2-4-8)5-6-9-11/h1-4,6,11H,5H2. The van der Waals surface area contributed by atoms with Crippen molar-refractivity contribution in [2.45, 2.75) is 6.42 Å². The van der Waals surface area contributed by atoms with Crippen molar-refractivity contribution >= 4 is 6.21 Å². The van der Waals surface area contributed by atoms with Gasteiger partial charge in [-0.05, 0) is 17.7 Å². The molecule has 0 heterocycles. The normalized spacial score (nSPS) is 10.5. The Balaban J connectivity index is 2.66. The van der Waals surface area contributed by atoms with E-state index < -0.39 is 0 Å². The van der Waals surface area contributed by atoms with E-state index in [1.54, 1.807) is 12.1 Å². The molecule has 0 unspecified atom stereocenters. The molecule has 0 amide bonds. The van der Waals surface area contributed by atoms with Gasteiger partial charge < -0.3 is 5.21 Å². The SMILES string of the molecule is [O]c1ccc(CC=NO)cc1. The lowest BCUT2D eigenvalue weighted by molar-refractivity contribution is 0.321. The molecule has 0 fully saturated rings. The lowest BCUT2D eigenvalue weighted by Gasteiger charge is -1.92. The quantitative estimate of drug-likeness (QED) is 0.390. The molecule has 57 valence electrons. The van der Waals surface area contributed by atoms with E-state index in [0.717, 1.165) is 5.56 Å². The van der Waals surface area contributed by atoms with E-state index in [2.05, 4.69) is 5.16 Å². The first-order valence-electron chi connectivity index (χ1n) is 3.25. The van der Waals surface area contributed by atoms with Crippen LogP contribution in [0, 0.1) is 0 Å². The van der Waals surface area contributed by atoms with Crippen LogP contribution in [0.1, 0.15) is 5.56 Å². The second-order valence-electron chi connectivity index (χ2n) is 2.15. The molecule has 3 nitrogen and oxygen atoms in total. The second-order valence-corrected chi connectivity index (χ2v) is 2.15. The Morgan fingerprint density at radius 1 is 1.36 bits per heavy atom. The molecule has 1 rings (SSSR count). The molecule has 0 aliphatic carbocycles. The van der Waals surface area contributed by atoms with E-state index in [9.17, 15) is 5.11 Å². The minimum Gasteiger partial charge on any atom is -0.411 e. The van der Waals surface area contributed by atoms with Crippen LogP contribution in [0.3, 0.4) is 0 Å². The van der Waals surface area contributed by atoms with E-state index in [1.807, 2.05) is 0 Å². The van der Waals surface area contributed by atoms with Gasteiger partial charge in [0.15, 0.2) is 5.75 Å². The van der Waals surface area contributed by atoms with Gasteiger partial charge in [-0.3, -0.25) is 5.11 Å². The molecule has 0 atom stereocenters. The molecular weight excluding hydrogens is 142 g/mol. The van der Waals surface area contributed by atoms with Crippen LogP contribution in [0.2, 0.25) is 0 Å². The van der Waals surface area contributed by atoms with Crippen molar-refractivity contribution in [1.82, 2.24) is 0 Å². The summed E-state index contributed by atoms with van der Waals surface area (Å²) < 4.78 is 0. The Hall–Kier alpha value is -1.51. The molecule has 0 spiro atoms. The molecule has 0 bridgehead atoms. The van der Waals surface area contributed by atoms with Crippen LogP contribution < -0.4 is 0 Å². The summed E-state index contributed by atoms with van der Waals surface area (Å²) in [4.78, 5) is 0. The highest BCUT2D eigenvalue weighted by Gasteiger charge is 1.91. The van der Waals surface area contributed by atoms with Crippen LogP contribution in [0.25, 0.3) is 0 Å². The van der Waals surface area contributed by atoms with Gasteiger partial charge in [0.05, 0.1) is 0 Å². The third kappa shape index (κ3) is 2.29. The van der Waals surface area contributed by atoms with Gasteiger partial charge >= 0.3 is 0 Å². The molecular formula is C8H8NO2. The van der Waals surface area contributed by atoms with E-state index >= 15 is 0 Å². The minimum atomic E-state index is -0.00492. The molecule has 0 aliphatic rings. The van der Waals surface area contributed by atoms with Crippen molar-refractivity contribution in [3.63, 3.8) is 0 Å². The van der Waals surface area contributed by atoms with Crippen LogP contribution in [0.4, 0.5) is 0 Å². The largest absolute Gasteiger partial charge is 0.411 e. The summed E-state index contributed by atoms with van der Waals surface area (Å²) >= 11 is 0. The monoisotopic (exact) mass is 150 g/mol. The fourth-order valence-corrected chi connectivity index (χ4v) is 0.772. The molecule has 1 N–H and O–H groups in total. The third-order valence-corrected chi connectivity index (χ3v) is 1.33. The van der Waals surface area contributed by atoms with Gasteiger partial charge in [0.2, 0.25) is 0 Å². The smallest absolute Gasteiger partial charge is 0.178 e. The molecule has 1 aromatic carbocycles. The maximum atomic E-state index is 10.6. The van der Waals surface area contributed by atoms with Crippen molar-refractivity contribution in [2.75, 3.05) is 0 Å². The molecule has 11 heavy (non-hydrogen) atoms. The van der Waals surface area contributed by atoms with Gasteiger partial charge in [-0.25, -0.2) is 0 Å². The minimum absolute atomic E-state index is 0.00492. The van der Waals surface area contributed by atoms with E-state index in [4.69, 9.17) is 5.21 Å². The van der Waals surface area contributed by atoms with Gasteiger partial charge in [-0.2, -0.15) is 0 Å². The highest BCUT2D eigenvalue weighted by Crippen LogP contribution is 2.09. The molecule has 0 aliphatic heterocycles. The van der Waals surface area contributed by atoms with Crippen molar-refractivity contribution in [2.24, 2.45) is 5.16 Å². The Bertz CT molecular complexity index is 241. The van der Waals surface area contributed by atoms with Crippen molar-refractivity contribution in [1.29, 1.82) is 0 Å². The fraction of sp³-hybridized carbons (Fsp3) is 0.125. The first-order valence-corrected chi connectivity index (χ1v) is 3.25.